The minimum absolute atomic E-state index is 0.213. The summed E-state index contributed by atoms with van der Waals surface area (Å²) in [5.41, 5.74) is 2.31. The van der Waals surface area contributed by atoms with E-state index in [9.17, 15) is 4.79 Å². The first kappa shape index (κ1) is 23.3. The quantitative estimate of drug-likeness (QED) is 0.404. The highest BCUT2D eigenvalue weighted by molar-refractivity contribution is 7.80. The molecule has 0 unspecified atom stereocenters. The van der Waals surface area contributed by atoms with Crippen molar-refractivity contribution in [2.45, 2.75) is 26.9 Å². The smallest absolute Gasteiger partial charge is 0.261 e. The topological polar surface area (TPSA) is 59.6 Å². The Kier molecular flexibility index (Phi) is 8.63. The molecule has 0 saturated heterocycles. The Bertz CT molecular complexity index is 1020. The molecule has 0 aromatic heterocycles. The average Bonchev–Trinajstić information content (AvgIpc) is 2.79. The van der Waals surface area contributed by atoms with Gasteiger partial charge in [0.1, 0.15) is 18.1 Å². The molecule has 2 N–H and O–H groups in total. The minimum atomic E-state index is -0.314. The summed E-state index contributed by atoms with van der Waals surface area (Å²) in [4.78, 5) is 12.7. The van der Waals surface area contributed by atoms with Crippen molar-refractivity contribution in [3.63, 3.8) is 0 Å². The number of anilines is 1. The number of carbonyl (C=O) groups is 1. The van der Waals surface area contributed by atoms with Gasteiger partial charge in [0.2, 0.25) is 0 Å². The van der Waals surface area contributed by atoms with Crippen molar-refractivity contribution in [2.75, 3.05) is 11.9 Å². The lowest BCUT2D eigenvalue weighted by Crippen LogP contribution is -2.34. The molecule has 0 fully saturated rings. The second-order valence-corrected chi connectivity index (χ2v) is 8.14. The van der Waals surface area contributed by atoms with Crippen molar-refractivity contribution in [2.24, 2.45) is 5.92 Å². The van der Waals surface area contributed by atoms with Crippen molar-refractivity contribution < 1.29 is 14.3 Å². The summed E-state index contributed by atoms with van der Waals surface area (Å²) < 4.78 is 11.6. The van der Waals surface area contributed by atoms with Gasteiger partial charge in [-0.05, 0) is 66.5 Å². The third-order valence-corrected chi connectivity index (χ3v) is 4.88. The van der Waals surface area contributed by atoms with Crippen LogP contribution in [0, 0.1) is 5.92 Å². The second-order valence-electron chi connectivity index (χ2n) is 7.73. The summed E-state index contributed by atoms with van der Waals surface area (Å²) in [6.45, 7) is 5.33. The molecular formula is C26H28N2O3S. The highest BCUT2D eigenvalue weighted by atomic mass is 32.1. The van der Waals surface area contributed by atoms with Gasteiger partial charge in [0.25, 0.3) is 5.91 Å². The van der Waals surface area contributed by atoms with Gasteiger partial charge in [-0.3, -0.25) is 10.1 Å². The molecule has 5 nitrogen and oxygen atoms in total. The van der Waals surface area contributed by atoms with Crippen LogP contribution in [-0.2, 0) is 6.61 Å². The van der Waals surface area contributed by atoms with Crippen molar-refractivity contribution in [3.05, 3.63) is 90.0 Å². The summed E-state index contributed by atoms with van der Waals surface area (Å²) >= 11 is 5.31. The maximum atomic E-state index is 12.7. The van der Waals surface area contributed by atoms with Crippen LogP contribution in [-0.4, -0.2) is 17.6 Å². The third-order valence-electron chi connectivity index (χ3n) is 4.67. The Balaban J connectivity index is 1.51. The molecule has 166 valence electrons. The largest absolute Gasteiger partial charge is 0.493 e. The molecule has 6 heteroatoms. The van der Waals surface area contributed by atoms with Crippen LogP contribution in [0.1, 0.15) is 36.2 Å². The minimum Gasteiger partial charge on any atom is -0.493 e. The van der Waals surface area contributed by atoms with Crippen LogP contribution in [0.5, 0.6) is 11.5 Å². The van der Waals surface area contributed by atoms with Crippen LogP contribution in [0.2, 0.25) is 0 Å². The zero-order valence-corrected chi connectivity index (χ0v) is 19.2. The van der Waals surface area contributed by atoms with Crippen LogP contribution in [0.4, 0.5) is 5.69 Å². The lowest BCUT2D eigenvalue weighted by Gasteiger charge is -2.14. The summed E-state index contributed by atoms with van der Waals surface area (Å²) in [5.74, 6) is 1.52. The van der Waals surface area contributed by atoms with Gasteiger partial charge in [0.05, 0.1) is 12.2 Å². The van der Waals surface area contributed by atoms with Gasteiger partial charge in [-0.2, -0.15) is 0 Å². The average molecular weight is 449 g/mol. The molecular weight excluding hydrogens is 420 g/mol. The number of ether oxygens (including phenoxy) is 2. The highest BCUT2D eigenvalue weighted by Crippen LogP contribution is 2.20. The van der Waals surface area contributed by atoms with Gasteiger partial charge in [0, 0.05) is 5.69 Å². The van der Waals surface area contributed by atoms with Crippen molar-refractivity contribution in [1.82, 2.24) is 5.32 Å². The zero-order chi connectivity index (χ0) is 22.8. The van der Waals surface area contributed by atoms with E-state index in [-0.39, 0.29) is 11.0 Å². The molecule has 0 aliphatic heterocycles. The van der Waals surface area contributed by atoms with Crippen LogP contribution in [0.25, 0.3) is 0 Å². The number of benzene rings is 3. The molecule has 0 spiro atoms. The van der Waals surface area contributed by atoms with Gasteiger partial charge in [-0.15, -0.1) is 0 Å². The van der Waals surface area contributed by atoms with E-state index < -0.39 is 0 Å². The first-order valence-corrected chi connectivity index (χ1v) is 11.0. The Morgan fingerprint density at radius 2 is 1.59 bits per heavy atom. The molecule has 0 bridgehead atoms. The van der Waals surface area contributed by atoms with Crippen LogP contribution < -0.4 is 20.1 Å². The zero-order valence-electron chi connectivity index (χ0n) is 18.3. The van der Waals surface area contributed by atoms with E-state index in [1.165, 1.54) is 0 Å². The fourth-order valence-electron chi connectivity index (χ4n) is 2.89. The van der Waals surface area contributed by atoms with Gasteiger partial charge in [-0.1, -0.05) is 56.3 Å². The number of hydrogen-bond acceptors (Lipinski definition) is 4. The Hall–Kier alpha value is -3.38. The molecule has 32 heavy (non-hydrogen) atoms. The Morgan fingerprint density at radius 3 is 2.31 bits per heavy atom. The predicted molar refractivity (Wildman–Crippen MR) is 132 cm³/mol. The molecule has 0 radical (unpaired) electrons. The molecule has 0 atom stereocenters. The van der Waals surface area contributed by atoms with E-state index in [0.717, 1.165) is 23.4 Å². The van der Waals surface area contributed by atoms with Crippen molar-refractivity contribution >= 4 is 28.9 Å². The second kappa shape index (κ2) is 11.9. The number of nitrogens with one attached hydrogen (secondary N) is 2. The van der Waals surface area contributed by atoms with Crippen LogP contribution >= 0.6 is 12.2 Å². The number of amides is 1. The highest BCUT2D eigenvalue weighted by Gasteiger charge is 2.14. The van der Waals surface area contributed by atoms with Crippen molar-refractivity contribution in [1.29, 1.82) is 0 Å². The number of carbonyl (C=O) groups excluding carboxylic acids is 1. The van der Waals surface area contributed by atoms with E-state index in [1.54, 1.807) is 18.2 Å². The summed E-state index contributed by atoms with van der Waals surface area (Å²) in [7, 11) is 0. The Labute approximate surface area is 194 Å². The maximum absolute atomic E-state index is 12.7. The van der Waals surface area contributed by atoms with E-state index in [4.69, 9.17) is 21.7 Å². The van der Waals surface area contributed by atoms with E-state index in [1.807, 2.05) is 60.7 Å². The fraction of sp³-hybridized carbons (Fsp3) is 0.231. The number of para-hydroxylation sites is 1. The van der Waals surface area contributed by atoms with Gasteiger partial charge < -0.3 is 14.8 Å². The normalized spacial score (nSPS) is 10.5. The SMILES string of the molecule is CC(C)CCOc1ccccc1C(=O)NC(=S)Nc1ccc(OCc2ccccc2)cc1. The third kappa shape index (κ3) is 7.39. The fourth-order valence-corrected chi connectivity index (χ4v) is 3.10. The standard InChI is InChI=1S/C26H28N2O3S/c1-19(2)16-17-30-24-11-7-6-10-23(24)25(29)28-26(32)27-21-12-14-22(15-13-21)31-18-20-8-4-3-5-9-20/h3-15,19H,16-18H2,1-2H3,(H2,27,28,29,32). The molecule has 3 aromatic rings. The summed E-state index contributed by atoms with van der Waals surface area (Å²) in [6.07, 6.45) is 0.918. The van der Waals surface area contributed by atoms with Crippen LogP contribution in [0.15, 0.2) is 78.9 Å². The van der Waals surface area contributed by atoms with Gasteiger partial charge >= 0.3 is 0 Å². The molecule has 0 aliphatic rings. The van der Waals surface area contributed by atoms with Crippen molar-refractivity contribution in [3.8, 4) is 11.5 Å². The number of thiocarbonyl (C=S) groups is 1. The summed E-state index contributed by atoms with van der Waals surface area (Å²) in [6, 6.07) is 24.5. The first-order valence-electron chi connectivity index (χ1n) is 10.6. The molecule has 0 heterocycles. The van der Waals surface area contributed by atoms with Gasteiger partial charge in [-0.25, -0.2) is 0 Å². The maximum Gasteiger partial charge on any atom is 0.261 e. The van der Waals surface area contributed by atoms with Gasteiger partial charge in [0.15, 0.2) is 5.11 Å². The molecule has 0 saturated carbocycles. The Morgan fingerprint density at radius 1 is 0.906 bits per heavy atom. The molecule has 1 amide bonds. The monoisotopic (exact) mass is 448 g/mol. The van der Waals surface area contributed by atoms with E-state index >= 15 is 0 Å². The lowest BCUT2D eigenvalue weighted by atomic mass is 10.1. The summed E-state index contributed by atoms with van der Waals surface area (Å²) in [5, 5.41) is 5.95. The van der Waals surface area contributed by atoms with Crippen LogP contribution in [0.3, 0.4) is 0 Å². The molecule has 3 aromatic carbocycles. The van der Waals surface area contributed by atoms with E-state index in [2.05, 4.69) is 24.5 Å². The number of rotatable bonds is 9. The number of hydrogen-bond donors (Lipinski definition) is 2. The van der Waals surface area contributed by atoms with E-state index in [0.29, 0.717) is 30.4 Å². The molecule has 0 aliphatic carbocycles. The lowest BCUT2D eigenvalue weighted by molar-refractivity contribution is 0.0973. The first-order chi connectivity index (χ1) is 15.5. The predicted octanol–water partition coefficient (Wildman–Crippen LogP) is 5.82. The molecule has 3 rings (SSSR count).